The number of anilines is 3. The maximum atomic E-state index is 6.01. The van der Waals surface area contributed by atoms with E-state index in [4.69, 9.17) is 4.74 Å². The second-order valence-electron chi connectivity index (χ2n) is 6.80. The Kier molecular flexibility index (Phi) is 6.15. The lowest BCUT2D eigenvalue weighted by Gasteiger charge is -2.19. The third-order valence-corrected chi connectivity index (χ3v) is 4.62. The number of aromatic nitrogens is 3. The smallest absolute Gasteiger partial charge is 0.229 e. The molecule has 0 fully saturated rings. The number of hydrogen-bond donors (Lipinski definition) is 1. The van der Waals surface area contributed by atoms with E-state index in [0.717, 1.165) is 30.2 Å². The lowest BCUT2D eigenvalue weighted by Crippen LogP contribution is -2.21. The molecule has 0 unspecified atom stereocenters. The van der Waals surface area contributed by atoms with Gasteiger partial charge in [-0.05, 0) is 54.4 Å². The van der Waals surface area contributed by atoms with Crippen molar-refractivity contribution in [2.75, 3.05) is 23.8 Å². The van der Waals surface area contributed by atoms with E-state index in [0.29, 0.717) is 11.7 Å². The molecule has 0 saturated heterocycles. The van der Waals surface area contributed by atoms with E-state index in [1.165, 1.54) is 5.56 Å². The molecule has 0 aliphatic rings. The van der Waals surface area contributed by atoms with E-state index in [1.54, 1.807) is 6.20 Å². The summed E-state index contributed by atoms with van der Waals surface area (Å²) in [5, 5.41) is 3.28. The molecule has 0 aliphatic heterocycles. The third kappa shape index (κ3) is 5.11. The average molecular weight is 397 g/mol. The van der Waals surface area contributed by atoms with Gasteiger partial charge in [0, 0.05) is 32.2 Å². The van der Waals surface area contributed by atoms with Crippen LogP contribution in [0.5, 0.6) is 11.5 Å². The molecule has 0 aliphatic carbocycles. The van der Waals surface area contributed by atoms with E-state index in [-0.39, 0.29) is 0 Å². The fraction of sp³-hybridized carbons (Fsp3) is 0.125. The lowest BCUT2D eigenvalue weighted by atomic mass is 10.2. The van der Waals surface area contributed by atoms with Crippen molar-refractivity contribution >= 4 is 17.5 Å². The maximum Gasteiger partial charge on any atom is 0.229 e. The first-order chi connectivity index (χ1) is 14.8. The molecular weight excluding hydrogens is 374 g/mol. The van der Waals surface area contributed by atoms with E-state index in [9.17, 15) is 0 Å². The Morgan fingerprint density at radius 3 is 2.47 bits per heavy atom. The number of rotatable bonds is 8. The monoisotopic (exact) mass is 397 g/mol. The Bertz CT molecular complexity index is 1070. The number of para-hydroxylation sites is 3. The highest BCUT2D eigenvalue weighted by molar-refractivity contribution is 5.63. The topological polar surface area (TPSA) is 63.2 Å². The maximum absolute atomic E-state index is 6.01. The van der Waals surface area contributed by atoms with Gasteiger partial charge >= 0.3 is 0 Å². The summed E-state index contributed by atoms with van der Waals surface area (Å²) in [5.41, 5.74) is 2.05. The minimum atomic E-state index is 0.521. The molecule has 30 heavy (non-hydrogen) atoms. The zero-order valence-electron chi connectivity index (χ0n) is 16.8. The highest BCUT2D eigenvalue weighted by atomic mass is 16.5. The molecule has 0 amide bonds. The van der Waals surface area contributed by atoms with Crippen molar-refractivity contribution in [3.63, 3.8) is 0 Å². The van der Waals surface area contributed by atoms with Crippen molar-refractivity contribution < 1.29 is 4.74 Å². The predicted molar refractivity (Wildman–Crippen MR) is 119 cm³/mol. The van der Waals surface area contributed by atoms with Gasteiger partial charge in [0.05, 0.1) is 5.69 Å². The minimum absolute atomic E-state index is 0.521. The number of pyridine rings is 1. The Labute approximate surface area is 176 Å². The highest BCUT2D eigenvalue weighted by Gasteiger charge is 2.09. The second kappa shape index (κ2) is 9.52. The average Bonchev–Trinajstić information content (AvgIpc) is 2.80. The van der Waals surface area contributed by atoms with E-state index >= 15 is 0 Å². The summed E-state index contributed by atoms with van der Waals surface area (Å²) in [6, 6.07) is 23.4. The van der Waals surface area contributed by atoms with Crippen LogP contribution in [0.4, 0.5) is 17.5 Å². The van der Waals surface area contributed by atoms with Crippen molar-refractivity contribution in [1.82, 2.24) is 15.0 Å². The van der Waals surface area contributed by atoms with Crippen molar-refractivity contribution in [2.45, 2.75) is 6.42 Å². The van der Waals surface area contributed by atoms with E-state index < -0.39 is 0 Å². The van der Waals surface area contributed by atoms with Crippen LogP contribution in [0.2, 0.25) is 0 Å². The second-order valence-corrected chi connectivity index (χ2v) is 6.80. The van der Waals surface area contributed by atoms with Crippen LogP contribution in [-0.4, -0.2) is 28.5 Å². The fourth-order valence-electron chi connectivity index (χ4n) is 2.98. The normalized spacial score (nSPS) is 10.4. The van der Waals surface area contributed by atoms with Crippen molar-refractivity contribution in [3.8, 4) is 11.5 Å². The van der Waals surface area contributed by atoms with Crippen LogP contribution >= 0.6 is 0 Å². The van der Waals surface area contributed by atoms with Gasteiger partial charge in [-0.15, -0.1) is 0 Å². The number of nitrogens with one attached hydrogen (secondary N) is 1. The van der Waals surface area contributed by atoms with E-state index in [1.807, 2.05) is 92.2 Å². The summed E-state index contributed by atoms with van der Waals surface area (Å²) in [6.45, 7) is 0.841. The molecule has 4 aromatic rings. The molecule has 0 saturated carbocycles. The summed E-state index contributed by atoms with van der Waals surface area (Å²) in [5.74, 6) is 2.86. The van der Waals surface area contributed by atoms with Crippen LogP contribution in [0.3, 0.4) is 0 Å². The lowest BCUT2D eigenvalue weighted by molar-refractivity contribution is 0.485. The van der Waals surface area contributed by atoms with Crippen LogP contribution in [0.1, 0.15) is 5.56 Å². The van der Waals surface area contributed by atoms with Crippen LogP contribution in [0, 0.1) is 0 Å². The summed E-state index contributed by atoms with van der Waals surface area (Å²) in [7, 11) is 2.03. The Morgan fingerprint density at radius 2 is 1.63 bits per heavy atom. The summed E-state index contributed by atoms with van der Waals surface area (Å²) in [4.78, 5) is 15.2. The standard InChI is InChI=1S/C24H23N5O/c1-29(18-14-19-11-15-25-16-12-19)23-13-17-26-24(28-23)27-21-9-5-6-10-22(21)30-20-7-3-2-4-8-20/h2-13,15-17H,14,18H2,1H3,(H,26,27,28). The van der Waals surface area contributed by atoms with Crippen molar-refractivity contribution in [3.05, 3.63) is 97.0 Å². The molecule has 2 aromatic heterocycles. The summed E-state index contributed by atoms with van der Waals surface area (Å²) in [6.07, 6.45) is 6.31. The first-order valence-corrected chi connectivity index (χ1v) is 9.80. The van der Waals surface area contributed by atoms with Gasteiger partial charge in [0.25, 0.3) is 0 Å². The molecular formula is C24H23N5O. The number of likely N-dealkylation sites (N-methyl/N-ethyl adjacent to an activating group) is 1. The van der Waals surface area contributed by atoms with Gasteiger partial charge in [0.1, 0.15) is 11.6 Å². The molecule has 0 atom stereocenters. The minimum Gasteiger partial charge on any atom is -0.455 e. The van der Waals surface area contributed by atoms with Crippen molar-refractivity contribution in [1.29, 1.82) is 0 Å². The first-order valence-electron chi connectivity index (χ1n) is 9.80. The van der Waals surface area contributed by atoms with Gasteiger partial charge in [-0.3, -0.25) is 4.98 Å². The third-order valence-electron chi connectivity index (χ3n) is 4.62. The van der Waals surface area contributed by atoms with Gasteiger partial charge < -0.3 is 15.0 Å². The molecule has 1 N–H and O–H groups in total. The first kappa shape index (κ1) is 19.4. The number of benzene rings is 2. The summed E-state index contributed by atoms with van der Waals surface area (Å²) < 4.78 is 6.01. The van der Waals surface area contributed by atoms with Gasteiger partial charge in [-0.1, -0.05) is 30.3 Å². The largest absolute Gasteiger partial charge is 0.455 e. The van der Waals surface area contributed by atoms with Gasteiger partial charge in [0.2, 0.25) is 5.95 Å². The molecule has 6 heteroatoms. The Balaban J connectivity index is 1.46. The molecule has 2 heterocycles. The molecule has 2 aromatic carbocycles. The molecule has 0 bridgehead atoms. The highest BCUT2D eigenvalue weighted by Crippen LogP contribution is 2.30. The molecule has 150 valence electrons. The Hall–Kier alpha value is -3.93. The molecule has 6 nitrogen and oxygen atoms in total. The van der Waals surface area contributed by atoms with Gasteiger partial charge in [0.15, 0.2) is 5.75 Å². The van der Waals surface area contributed by atoms with Gasteiger partial charge in [-0.2, -0.15) is 4.98 Å². The molecule has 0 radical (unpaired) electrons. The van der Waals surface area contributed by atoms with E-state index in [2.05, 4.69) is 25.2 Å². The zero-order chi connectivity index (χ0) is 20.6. The summed E-state index contributed by atoms with van der Waals surface area (Å²) >= 11 is 0. The zero-order valence-corrected chi connectivity index (χ0v) is 16.8. The van der Waals surface area contributed by atoms with Crippen LogP contribution < -0.4 is 15.0 Å². The predicted octanol–water partition coefficient (Wildman–Crippen LogP) is 5.09. The number of hydrogen-bond acceptors (Lipinski definition) is 6. The fourth-order valence-corrected chi connectivity index (χ4v) is 2.98. The SMILES string of the molecule is CN(CCc1ccncc1)c1ccnc(Nc2ccccc2Oc2ccccc2)n1. The number of nitrogens with zero attached hydrogens (tertiary/aromatic N) is 4. The van der Waals surface area contributed by atoms with Crippen molar-refractivity contribution in [2.24, 2.45) is 0 Å². The van der Waals surface area contributed by atoms with Crippen LogP contribution in [-0.2, 0) is 6.42 Å². The number of ether oxygens (including phenoxy) is 1. The van der Waals surface area contributed by atoms with Crippen LogP contribution in [0.25, 0.3) is 0 Å². The van der Waals surface area contributed by atoms with Crippen LogP contribution in [0.15, 0.2) is 91.4 Å². The molecule has 0 spiro atoms. The Morgan fingerprint density at radius 1 is 0.867 bits per heavy atom. The quantitative estimate of drug-likeness (QED) is 0.447. The molecule has 4 rings (SSSR count). The van der Waals surface area contributed by atoms with Gasteiger partial charge in [-0.25, -0.2) is 4.98 Å².